The molecule has 0 radical (unpaired) electrons. The number of rotatable bonds is 3. The predicted octanol–water partition coefficient (Wildman–Crippen LogP) is 3.40. The Kier molecular flexibility index (Phi) is 3.47. The van der Waals surface area contributed by atoms with Gasteiger partial charge in [0.05, 0.1) is 6.07 Å². The Morgan fingerprint density at radius 1 is 1.40 bits per heavy atom. The Labute approximate surface area is 92.0 Å². The molecule has 2 nitrogen and oxygen atoms in total. The molecule has 0 N–H and O–H groups in total. The van der Waals surface area contributed by atoms with Gasteiger partial charge in [0.1, 0.15) is 0 Å². The Hall–Kier alpha value is -1.36. The average molecular weight is 202 g/mol. The van der Waals surface area contributed by atoms with Crippen LogP contribution in [-0.2, 0) is 5.41 Å². The van der Waals surface area contributed by atoms with E-state index in [0.717, 1.165) is 5.69 Å². The lowest BCUT2D eigenvalue weighted by Crippen LogP contribution is -2.18. The standard InChI is InChI=1S/C13H18N2/c1-10(2)11-5-6-12(15-9-11)13(3,4)7-8-14/h5-6,9-10H,7H2,1-4H3. The minimum Gasteiger partial charge on any atom is -0.260 e. The van der Waals surface area contributed by atoms with Crippen LogP contribution in [-0.4, -0.2) is 4.98 Å². The van der Waals surface area contributed by atoms with Gasteiger partial charge < -0.3 is 0 Å². The van der Waals surface area contributed by atoms with Crippen LogP contribution in [0.5, 0.6) is 0 Å². The highest BCUT2D eigenvalue weighted by Crippen LogP contribution is 2.25. The van der Waals surface area contributed by atoms with E-state index in [-0.39, 0.29) is 5.41 Å². The number of hydrogen-bond acceptors (Lipinski definition) is 2. The summed E-state index contributed by atoms with van der Waals surface area (Å²) in [5.41, 5.74) is 2.09. The Balaban J connectivity index is 2.94. The fourth-order valence-electron chi connectivity index (χ4n) is 1.44. The summed E-state index contributed by atoms with van der Waals surface area (Å²) in [4.78, 5) is 4.44. The van der Waals surface area contributed by atoms with Gasteiger partial charge in [-0.15, -0.1) is 0 Å². The zero-order chi connectivity index (χ0) is 11.5. The maximum Gasteiger partial charge on any atom is 0.0631 e. The SMILES string of the molecule is CC(C)c1ccc(C(C)(C)CC#N)nc1. The summed E-state index contributed by atoms with van der Waals surface area (Å²) in [7, 11) is 0. The molecule has 0 aliphatic rings. The van der Waals surface area contributed by atoms with E-state index < -0.39 is 0 Å². The highest BCUT2D eigenvalue weighted by molar-refractivity contribution is 5.22. The van der Waals surface area contributed by atoms with Crippen molar-refractivity contribution in [1.29, 1.82) is 5.26 Å². The summed E-state index contributed by atoms with van der Waals surface area (Å²) in [5.74, 6) is 0.505. The third kappa shape index (κ3) is 2.79. The Morgan fingerprint density at radius 3 is 2.47 bits per heavy atom. The zero-order valence-electron chi connectivity index (χ0n) is 9.91. The van der Waals surface area contributed by atoms with Crippen LogP contribution in [0.15, 0.2) is 18.3 Å². The van der Waals surface area contributed by atoms with Crippen molar-refractivity contribution in [2.75, 3.05) is 0 Å². The molecule has 1 aromatic heterocycles. The van der Waals surface area contributed by atoms with E-state index in [4.69, 9.17) is 5.26 Å². The van der Waals surface area contributed by atoms with Crippen LogP contribution in [0.1, 0.15) is 51.3 Å². The van der Waals surface area contributed by atoms with E-state index in [1.165, 1.54) is 5.56 Å². The molecule has 1 rings (SSSR count). The van der Waals surface area contributed by atoms with Crippen LogP contribution in [0.2, 0.25) is 0 Å². The molecule has 0 spiro atoms. The van der Waals surface area contributed by atoms with Gasteiger partial charge in [-0.3, -0.25) is 4.98 Å². The first-order chi connectivity index (χ1) is 6.97. The van der Waals surface area contributed by atoms with Gasteiger partial charge >= 0.3 is 0 Å². The second-order valence-electron chi connectivity index (χ2n) is 4.85. The minimum atomic E-state index is -0.149. The molecule has 15 heavy (non-hydrogen) atoms. The van der Waals surface area contributed by atoms with Crippen molar-refractivity contribution >= 4 is 0 Å². The van der Waals surface area contributed by atoms with Gasteiger partial charge in [0.25, 0.3) is 0 Å². The van der Waals surface area contributed by atoms with Crippen LogP contribution in [0.25, 0.3) is 0 Å². The lowest BCUT2D eigenvalue weighted by Gasteiger charge is -2.20. The molecule has 0 amide bonds. The molecule has 1 heterocycles. The third-order valence-corrected chi connectivity index (χ3v) is 2.67. The molecule has 0 fully saturated rings. The van der Waals surface area contributed by atoms with Crippen LogP contribution < -0.4 is 0 Å². The zero-order valence-corrected chi connectivity index (χ0v) is 9.91. The second-order valence-corrected chi connectivity index (χ2v) is 4.85. The maximum absolute atomic E-state index is 8.73. The minimum absolute atomic E-state index is 0.149. The molecular weight excluding hydrogens is 184 g/mol. The van der Waals surface area contributed by atoms with Gasteiger partial charge in [-0.2, -0.15) is 5.26 Å². The van der Waals surface area contributed by atoms with Crippen molar-refractivity contribution in [2.45, 2.75) is 45.4 Å². The topological polar surface area (TPSA) is 36.7 Å². The van der Waals surface area contributed by atoms with Crippen molar-refractivity contribution in [3.8, 4) is 6.07 Å². The van der Waals surface area contributed by atoms with E-state index in [9.17, 15) is 0 Å². The molecule has 0 bridgehead atoms. The molecule has 0 saturated carbocycles. The van der Waals surface area contributed by atoms with E-state index in [0.29, 0.717) is 12.3 Å². The van der Waals surface area contributed by atoms with Gasteiger partial charge in [-0.05, 0) is 17.5 Å². The van der Waals surface area contributed by atoms with Gasteiger partial charge in [-0.25, -0.2) is 0 Å². The molecular formula is C13H18N2. The Morgan fingerprint density at radius 2 is 2.07 bits per heavy atom. The lowest BCUT2D eigenvalue weighted by molar-refractivity contribution is 0.521. The molecule has 80 valence electrons. The summed E-state index contributed by atoms with van der Waals surface area (Å²) in [5, 5.41) is 8.73. The van der Waals surface area contributed by atoms with Crippen molar-refractivity contribution in [3.05, 3.63) is 29.6 Å². The first kappa shape index (κ1) is 11.7. The van der Waals surface area contributed by atoms with Crippen LogP contribution in [0.3, 0.4) is 0 Å². The fraction of sp³-hybridized carbons (Fsp3) is 0.538. The van der Waals surface area contributed by atoms with Crippen molar-refractivity contribution in [3.63, 3.8) is 0 Å². The summed E-state index contributed by atoms with van der Waals surface area (Å²) in [6.07, 6.45) is 2.42. The van der Waals surface area contributed by atoms with Crippen molar-refractivity contribution in [2.24, 2.45) is 0 Å². The maximum atomic E-state index is 8.73. The highest BCUT2D eigenvalue weighted by Gasteiger charge is 2.21. The number of pyridine rings is 1. The summed E-state index contributed by atoms with van der Waals surface area (Å²) in [6, 6.07) is 6.34. The van der Waals surface area contributed by atoms with Gasteiger partial charge in [0, 0.05) is 23.7 Å². The fourth-order valence-corrected chi connectivity index (χ4v) is 1.44. The molecule has 0 aliphatic carbocycles. The molecule has 0 atom stereocenters. The van der Waals surface area contributed by atoms with Crippen LogP contribution in [0, 0.1) is 11.3 Å². The normalized spacial score (nSPS) is 11.5. The first-order valence-corrected chi connectivity index (χ1v) is 5.31. The number of hydrogen-bond donors (Lipinski definition) is 0. The molecule has 2 heteroatoms. The van der Waals surface area contributed by atoms with E-state index in [2.05, 4.69) is 31.0 Å². The summed E-state index contributed by atoms with van der Waals surface area (Å²) < 4.78 is 0. The van der Waals surface area contributed by atoms with Gasteiger partial charge in [0.15, 0.2) is 0 Å². The van der Waals surface area contributed by atoms with E-state index >= 15 is 0 Å². The molecule has 1 aromatic rings. The molecule has 0 saturated heterocycles. The Bertz CT molecular complexity index is 355. The second kappa shape index (κ2) is 4.44. The molecule has 0 aliphatic heterocycles. The highest BCUT2D eigenvalue weighted by atomic mass is 14.7. The van der Waals surface area contributed by atoms with Crippen LogP contribution in [0.4, 0.5) is 0 Å². The quantitative estimate of drug-likeness (QED) is 0.753. The van der Waals surface area contributed by atoms with Crippen molar-refractivity contribution in [1.82, 2.24) is 4.98 Å². The van der Waals surface area contributed by atoms with Crippen LogP contribution >= 0.6 is 0 Å². The van der Waals surface area contributed by atoms with Crippen molar-refractivity contribution < 1.29 is 0 Å². The lowest BCUT2D eigenvalue weighted by atomic mass is 9.85. The average Bonchev–Trinajstić information content (AvgIpc) is 2.18. The largest absolute Gasteiger partial charge is 0.260 e. The monoisotopic (exact) mass is 202 g/mol. The third-order valence-electron chi connectivity index (χ3n) is 2.67. The number of nitriles is 1. The van der Waals surface area contributed by atoms with E-state index in [1.807, 2.05) is 26.1 Å². The number of aromatic nitrogens is 1. The van der Waals surface area contributed by atoms with Gasteiger partial charge in [0.2, 0.25) is 0 Å². The smallest absolute Gasteiger partial charge is 0.0631 e. The summed E-state index contributed by atoms with van der Waals surface area (Å²) >= 11 is 0. The molecule has 0 aromatic carbocycles. The van der Waals surface area contributed by atoms with E-state index in [1.54, 1.807) is 0 Å². The first-order valence-electron chi connectivity index (χ1n) is 5.31. The predicted molar refractivity (Wildman–Crippen MR) is 61.6 cm³/mol. The molecule has 0 unspecified atom stereocenters. The summed E-state index contributed by atoms with van der Waals surface area (Å²) in [6.45, 7) is 8.40. The van der Waals surface area contributed by atoms with Gasteiger partial charge in [-0.1, -0.05) is 33.8 Å². The number of nitrogens with zero attached hydrogens (tertiary/aromatic N) is 2.